The molecule has 1 amide bonds. The molecule has 3 aromatic rings. The number of carboxylic acids is 1. The summed E-state index contributed by atoms with van der Waals surface area (Å²) in [4.78, 5) is 33.6. The fourth-order valence-corrected chi connectivity index (χ4v) is 3.60. The second-order valence-corrected chi connectivity index (χ2v) is 7.37. The van der Waals surface area contributed by atoms with Crippen LogP contribution >= 0.6 is 0 Å². The van der Waals surface area contributed by atoms with Crippen molar-refractivity contribution in [2.45, 2.75) is 18.6 Å². The zero-order chi connectivity index (χ0) is 22.7. The predicted molar refractivity (Wildman–Crippen MR) is 115 cm³/mol. The number of aromatic carboxylic acids is 1. The number of alkyl halides is 1. The lowest BCUT2D eigenvalue weighted by atomic mass is 10.0. The standard InChI is InChI=1S/C22H22FN5O4/c1-2-10-32-22(31)27-8-7-15(23)17(13-27)26-19-5-3-4-16(25-19)18-12-24-20-11-14(21(29)30)6-9-28(18)20/h2-6,9,11-12,15,17H,1,7-8,10,13H2,(H,25,26)(H,29,30)/t15-,17-/m0/s1. The Bertz CT molecular complexity index is 1160. The lowest BCUT2D eigenvalue weighted by Crippen LogP contribution is -2.51. The number of rotatable bonds is 6. The van der Waals surface area contributed by atoms with Gasteiger partial charge in [-0.1, -0.05) is 18.7 Å². The Morgan fingerprint density at radius 1 is 1.38 bits per heavy atom. The van der Waals surface area contributed by atoms with Gasteiger partial charge in [-0.2, -0.15) is 0 Å². The van der Waals surface area contributed by atoms with Gasteiger partial charge in [-0.3, -0.25) is 4.40 Å². The van der Waals surface area contributed by atoms with Crippen molar-refractivity contribution in [2.75, 3.05) is 25.0 Å². The van der Waals surface area contributed by atoms with Crippen LogP contribution in [-0.2, 0) is 4.74 Å². The van der Waals surface area contributed by atoms with Crippen LogP contribution in [0.1, 0.15) is 16.8 Å². The SMILES string of the molecule is C=CCOC(=O)N1CC[C@H](F)[C@@H](Nc2cccc(-c3cnc4cc(C(=O)O)ccn34)n2)C1. The molecule has 0 unspecified atom stereocenters. The van der Waals surface area contributed by atoms with Crippen molar-refractivity contribution in [3.63, 3.8) is 0 Å². The van der Waals surface area contributed by atoms with Crippen LogP contribution in [0.25, 0.3) is 17.0 Å². The zero-order valence-electron chi connectivity index (χ0n) is 17.1. The second-order valence-electron chi connectivity index (χ2n) is 7.37. The maximum Gasteiger partial charge on any atom is 0.410 e. The van der Waals surface area contributed by atoms with Gasteiger partial charge < -0.3 is 20.1 Å². The number of piperidine rings is 1. The summed E-state index contributed by atoms with van der Waals surface area (Å²) in [5.41, 5.74) is 1.86. The molecule has 10 heteroatoms. The van der Waals surface area contributed by atoms with E-state index < -0.39 is 24.3 Å². The van der Waals surface area contributed by atoms with Gasteiger partial charge in [0.2, 0.25) is 0 Å². The molecule has 1 aliphatic rings. The molecular formula is C22H22FN5O4. The van der Waals surface area contributed by atoms with Crippen molar-refractivity contribution < 1.29 is 23.8 Å². The molecule has 9 nitrogen and oxygen atoms in total. The van der Waals surface area contributed by atoms with Crippen molar-refractivity contribution in [1.82, 2.24) is 19.3 Å². The highest BCUT2D eigenvalue weighted by Gasteiger charge is 2.32. The lowest BCUT2D eigenvalue weighted by molar-refractivity contribution is 0.0696. The van der Waals surface area contributed by atoms with Crippen molar-refractivity contribution in [1.29, 1.82) is 0 Å². The van der Waals surface area contributed by atoms with Crippen LogP contribution in [0.4, 0.5) is 15.0 Å². The molecule has 2 atom stereocenters. The van der Waals surface area contributed by atoms with E-state index in [0.717, 1.165) is 0 Å². The van der Waals surface area contributed by atoms with Gasteiger partial charge in [0.25, 0.3) is 0 Å². The van der Waals surface area contributed by atoms with Gasteiger partial charge in [-0.05, 0) is 30.7 Å². The van der Waals surface area contributed by atoms with Crippen molar-refractivity contribution in [3.05, 3.63) is 60.9 Å². The topological polar surface area (TPSA) is 109 Å². The number of amides is 1. The summed E-state index contributed by atoms with van der Waals surface area (Å²) in [6, 6.07) is 7.61. The molecule has 166 valence electrons. The molecule has 0 spiro atoms. The van der Waals surface area contributed by atoms with Crippen LogP contribution in [0.3, 0.4) is 0 Å². The summed E-state index contributed by atoms with van der Waals surface area (Å²) in [5, 5.41) is 12.2. The quantitative estimate of drug-likeness (QED) is 0.568. The van der Waals surface area contributed by atoms with E-state index in [0.29, 0.717) is 22.9 Å². The van der Waals surface area contributed by atoms with Crippen molar-refractivity contribution in [2.24, 2.45) is 0 Å². The van der Waals surface area contributed by atoms with Crippen LogP contribution in [0.15, 0.2) is 55.4 Å². The number of nitrogens with zero attached hydrogens (tertiary/aromatic N) is 4. The van der Waals surface area contributed by atoms with Gasteiger partial charge in [0.1, 0.15) is 24.2 Å². The third-order valence-electron chi connectivity index (χ3n) is 5.22. The third kappa shape index (κ3) is 4.39. The van der Waals surface area contributed by atoms with Gasteiger partial charge in [0, 0.05) is 19.3 Å². The molecule has 3 aromatic heterocycles. The number of likely N-dealkylation sites (tertiary alicyclic amines) is 1. The first-order valence-corrected chi connectivity index (χ1v) is 10.1. The Morgan fingerprint density at radius 3 is 3.00 bits per heavy atom. The minimum atomic E-state index is -1.14. The normalized spacial score (nSPS) is 18.3. The summed E-state index contributed by atoms with van der Waals surface area (Å²) in [5.74, 6) is -0.578. The highest BCUT2D eigenvalue weighted by atomic mass is 19.1. The highest BCUT2D eigenvalue weighted by Crippen LogP contribution is 2.23. The van der Waals surface area contributed by atoms with Gasteiger partial charge >= 0.3 is 12.1 Å². The fourth-order valence-electron chi connectivity index (χ4n) is 3.60. The van der Waals surface area contributed by atoms with Crippen LogP contribution in [0.5, 0.6) is 0 Å². The van der Waals surface area contributed by atoms with E-state index >= 15 is 0 Å². The second kappa shape index (κ2) is 9.04. The number of halogens is 1. The average Bonchev–Trinajstić information content (AvgIpc) is 3.22. The summed E-state index contributed by atoms with van der Waals surface area (Å²) in [6.07, 6.45) is 3.25. The van der Waals surface area contributed by atoms with E-state index in [2.05, 4.69) is 21.9 Å². The minimum Gasteiger partial charge on any atom is -0.478 e. The number of hydrogen-bond acceptors (Lipinski definition) is 6. The van der Waals surface area contributed by atoms with Gasteiger partial charge in [0.15, 0.2) is 0 Å². The Kier molecular flexibility index (Phi) is 6.02. The Morgan fingerprint density at radius 2 is 2.22 bits per heavy atom. The number of carbonyl (C=O) groups is 2. The highest BCUT2D eigenvalue weighted by molar-refractivity contribution is 5.88. The maximum atomic E-state index is 14.6. The van der Waals surface area contributed by atoms with E-state index in [4.69, 9.17) is 9.84 Å². The third-order valence-corrected chi connectivity index (χ3v) is 5.22. The monoisotopic (exact) mass is 439 g/mol. The Labute approximate surface area is 183 Å². The van der Waals surface area contributed by atoms with Gasteiger partial charge in [0.05, 0.1) is 29.2 Å². The molecule has 0 saturated carbocycles. The fraction of sp³-hybridized carbons (Fsp3) is 0.273. The summed E-state index contributed by atoms with van der Waals surface area (Å²) >= 11 is 0. The number of imidazole rings is 1. The lowest BCUT2D eigenvalue weighted by Gasteiger charge is -2.35. The van der Waals surface area contributed by atoms with Crippen LogP contribution in [-0.4, -0.2) is 68.3 Å². The molecule has 0 radical (unpaired) electrons. The number of aromatic nitrogens is 3. The number of nitrogens with one attached hydrogen (secondary N) is 1. The molecule has 4 rings (SSSR count). The van der Waals surface area contributed by atoms with Gasteiger partial charge in [-0.15, -0.1) is 0 Å². The van der Waals surface area contributed by atoms with Crippen LogP contribution in [0.2, 0.25) is 0 Å². The first-order valence-electron chi connectivity index (χ1n) is 10.1. The zero-order valence-corrected chi connectivity index (χ0v) is 17.1. The number of fused-ring (bicyclic) bond motifs is 1. The smallest absolute Gasteiger partial charge is 0.410 e. The molecule has 1 fully saturated rings. The maximum absolute atomic E-state index is 14.6. The molecule has 0 bridgehead atoms. The summed E-state index contributed by atoms with van der Waals surface area (Å²) in [6.45, 7) is 4.04. The molecule has 0 aromatic carbocycles. The molecular weight excluding hydrogens is 417 g/mol. The van der Waals surface area contributed by atoms with E-state index in [1.807, 2.05) is 0 Å². The predicted octanol–water partition coefficient (Wildman–Crippen LogP) is 3.24. The Balaban J connectivity index is 1.53. The first kappa shape index (κ1) is 21.3. The van der Waals surface area contributed by atoms with Crippen LogP contribution < -0.4 is 5.32 Å². The number of hydrogen-bond donors (Lipinski definition) is 2. The number of carboxylic acid groups (broad SMARTS) is 1. The van der Waals surface area contributed by atoms with Gasteiger partial charge in [-0.25, -0.2) is 23.9 Å². The largest absolute Gasteiger partial charge is 0.478 e. The summed E-state index contributed by atoms with van der Waals surface area (Å²) < 4.78 is 21.3. The molecule has 32 heavy (non-hydrogen) atoms. The van der Waals surface area contributed by atoms with Crippen molar-refractivity contribution >= 4 is 23.5 Å². The minimum absolute atomic E-state index is 0.101. The number of carbonyl (C=O) groups excluding carboxylic acids is 1. The van der Waals surface area contributed by atoms with E-state index in [-0.39, 0.29) is 31.7 Å². The molecule has 4 heterocycles. The van der Waals surface area contributed by atoms with Crippen molar-refractivity contribution in [3.8, 4) is 11.4 Å². The average molecular weight is 439 g/mol. The first-order chi connectivity index (χ1) is 15.5. The number of pyridine rings is 2. The Hall–Kier alpha value is -3.95. The molecule has 1 aliphatic heterocycles. The molecule has 2 N–H and O–H groups in total. The van der Waals surface area contributed by atoms with Crippen LogP contribution in [0, 0.1) is 0 Å². The summed E-state index contributed by atoms with van der Waals surface area (Å²) in [7, 11) is 0. The number of anilines is 1. The van der Waals surface area contributed by atoms with E-state index in [9.17, 15) is 14.0 Å². The van der Waals surface area contributed by atoms with E-state index in [1.165, 1.54) is 23.1 Å². The number of ether oxygens (including phenoxy) is 1. The van der Waals surface area contributed by atoms with E-state index in [1.54, 1.807) is 35.0 Å². The molecule has 1 saturated heterocycles. The molecule has 0 aliphatic carbocycles.